The molecular weight excluding hydrogens is 224 g/mol. The molecule has 0 aliphatic carbocycles. The van der Waals surface area contributed by atoms with Crippen LogP contribution in [0.15, 0.2) is 23.1 Å². The smallest absolute Gasteiger partial charge is 0.323 e. The van der Waals surface area contributed by atoms with E-state index in [9.17, 15) is 14.4 Å². The molecule has 0 aliphatic rings. The Labute approximate surface area is 98.1 Å². The van der Waals surface area contributed by atoms with E-state index >= 15 is 0 Å². The van der Waals surface area contributed by atoms with Crippen LogP contribution in [0.2, 0.25) is 0 Å². The van der Waals surface area contributed by atoms with E-state index in [4.69, 9.17) is 5.11 Å². The SMILES string of the molecule is CCN(CC(=O)O)C(=O)c1ccc(=O)n(C)c1. The third-order valence-electron chi connectivity index (χ3n) is 2.33. The van der Waals surface area contributed by atoms with Crippen LogP contribution >= 0.6 is 0 Å². The predicted octanol–water partition coefficient (Wildman–Crippen LogP) is -0.0680. The van der Waals surface area contributed by atoms with Gasteiger partial charge in [0.15, 0.2) is 0 Å². The Kier molecular flexibility index (Phi) is 4.03. The van der Waals surface area contributed by atoms with Gasteiger partial charge in [-0.25, -0.2) is 0 Å². The minimum absolute atomic E-state index is 0.220. The van der Waals surface area contributed by atoms with Crippen LogP contribution in [0.25, 0.3) is 0 Å². The van der Waals surface area contributed by atoms with Crippen LogP contribution in [0.3, 0.4) is 0 Å². The van der Waals surface area contributed by atoms with Crippen molar-refractivity contribution in [2.75, 3.05) is 13.1 Å². The topological polar surface area (TPSA) is 79.6 Å². The standard InChI is InChI=1S/C11H14N2O4/c1-3-13(7-10(15)16)11(17)8-4-5-9(14)12(2)6-8/h4-6H,3,7H2,1-2H3,(H,15,16). The number of pyridine rings is 1. The molecule has 17 heavy (non-hydrogen) atoms. The summed E-state index contributed by atoms with van der Waals surface area (Å²) in [5.74, 6) is -1.46. The predicted molar refractivity (Wildman–Crippen MR) is 60.9 cm³/mol. The number of carbonyl (C=O) groups is 2. The number of nitrogens with zero attached hydrogens (tertiary/aromatic N) is 2. The van der Waals surface area contributed by atoms with Gasteiger partial charge in [0.1, 0.15) is 6.54 Å². The van der Waals surface area contributed by atoms with Gasteiger partial charge in [-0.15, -0.1) is 0 Å². The summed E-state index contributed by atoms with van der Waals surface area (Å²) in [5, 5.41) is 8.66. The molecule has 1 heterocycles. The molecule has 6 heteroatoms. The number of carbonyl (C=O) groups excluding carboxylic acids is 1. The van der Waals surface area contributed by atoms with E-state index in [1.165, 1.54) is 34.8 Å². The van der Waals surface area contributed by atoms with Gasteiger partial charge in [-0.2, -0.15) is 0 Å². The number of hydrogen-bond donors (Lipinski definition) is 1. The van der Waals surface area contributed by atoms with Gasteiger partial charge in [-0.3, -0.25) is 14.4 Å². The zero-order valence-electron chi connectivity index (χ0n) is 9.71. The molecule has 0 saturated carbocycles. The van der Waals surface area contributed by atoms with Crippen molar-refractivity contribution in [2.24, 2.45) is 7.05 Å². The van der Waals surface area contributed by atoms with Gasteiger partial charge in [0.25, 0.3) is 5.91 Å². The Morgan fingerprint density at radius 2 is 2.06 bits per heavy atom. The van der Waals surface area contributed by atoms with E-state index in [2.05, 4.69) is 0 Å². The maximum absolute atomic E-state index is 11.9. The fourth-order valence-corrected chi connectivity index (χ4v) is 1.39. The second-order valence-electron chi connectivity index (χ2n) is 3.58. The van der Waals surface area contributed by atoms with Crippen molar-refractivity contribution >= 4 is 11.9 Å². The first-order chi connectivity index (χ1) is 7.95. The molecule has 0 spiro atoms. The fraction of sp³-hybridized carbons (Fsp3) is 0.364. The summed E-state index contributed by atoms with van der Waals surface area (Å²) in [6.45, 7) is 1.65. The van der Waals surface area contributed by atoms with Crippen LogP contribution in [-0.2, 0) is 11.8 Å². The maximum atomic E-state index is 11.9. The highest BCUT2D eigenvalue weighted by Crippen LogP contribution is 2.02. The number of rotatable bonds is 4. The molecule has 1 N–H and O–H groups in total. The van der Waals surface area contributed by atoms with E-state index in [1.54, 1.807) is 6.92 Å². The largest absolute Gasteiger partial charge is 0.480 e. The molecular formula is C11H14N2O4. The van der Waals surface area contributed by atoms with Gasteiger partial charge in [0, 0.05) is 25.9 Å². The average molecular weight is 238 g/mol. The van der Waals surface area contributed by atoms with Crippen LogP contribution in [0.4, 0.5) is 0 Å². The van der Waals surface area contributed by atoms with Gasteiger partial charge in [0.05, 0.1) is 5.56 Å². The monoisotopic (exact) mass is 238 g/mol. The summed E-state index contributed by atoms with van der Waals surface area (Å²) >= 11 is 0. The summed E-state index contributed by atoms with van der Waals surface area (Å²) in [6, 6.07) is 2.68. The van der Waals surface area contributed by atoms with Gasteiger partial charge < -0.3 is 14.6 Å². The lowest BCUT2D eigenvalue weighted by Gasteiger charge is -2.18. The Hall–Kier alpha value is -2.11. The molecule has 92 valence electrons. The Morgan fingerprint density at radius 1 is 1.41 bits per heavy atom. The van der Waals surface area contributed by atoms with Crippen LogP contribution in [0.5, 0.6) is 0 Å². The second-order valence-corrected chi connectivity index (χ2v) is 3.58. The molecule has 0 unspecified atom stereocenters. The van der Waals surface area contributed by atoms with Crippen LogP contribution < -0.4 is 5.56 Å². The van der Waals surface area contributed by atoms with Crippen LogP contribution in [-0.4, -0.2) is 39.5 Å². The van der Waals surface area contributed by atoms with E-state index < -0.39 is 11.9 Å². The average Bonchev–Trinajstić information content (AvgIpc) is 2.28. The van der Waals surface area contributed by atoms with Crippen molar-refractivity contribution in [1.82, 2.24) is 9.47 Å². The van der Waals surface area contributed by atoms with Gasteiger partial charge in [-0.05, 0) is 13.0 Å². The summed E-state index contributed by atoms with van der Waals surface area (Å²) in [4.78, 5) is 34.8. The number of aromatic nitrogens is 1. The van der Waals surface area contributed by atoms with Gasteiger partial charge in [0.2, 0.25) is 5.56 Å². The first-order valence-electron chi connectivity index (χ1n) is 5.13. The van der Waals surface area contributed by atoms with Crippen molar-refractivity contribution in [2.45, 2.75) is 6.92 Å². The lowest BCUT2D eigenvalue weighted by Crippen LogP contribution is -2.36. The third kappa shape index (κ3) is 3.17. The number of amides is 1. The van der Waals surface area contributed by atoms with Gasteiger partial charge in [-0.1, -0.05) is 0 Å². The highest BCUT2D eigenvalue weighted by atomic mass is 16.4. The molecule has 1 aromatic heterocycles. The van der Waals surface area contributed by atoms with Crippen LogP contribution in [0, 0.1) is 0 Å². The number of hydrogen-bond acceptors (Lipinski definition) is 3. The number of carboxylic acid groups (broad SMARTS) is 1. The molecule has 0 aliphatic heterocycles. The summed E-state index contributed by atoms with van der Waals surface area (Å²) < 4.78 is 1.28. The van der Waals surface area contributed by atoms with Crippen molar-refractivity contribution in [3.8, 4) is 0 Å². The van der Waals surface area contributed by atoms with Gasteiger partial charge >= 0.3 is 5.97 Å². The summed E-state index contributed by atoms with van der Waals surface area (Å²) in [7, 11) is 1.53. The number of aliphatic carboxylic acids is 1. The summed E-state index contributed by atoms with van der Waals surface area (Å²) in [5.41, 5.74) is 0.0815. The molecule has 1 rings (SSSR count). The van der Waals surface area contributed by atoms with E-state index in [-0.39, 0.29) is 12.1 Å². The molecule has 0 radical (unpaired) electrons. The highest BCUT2D eigenvalue weighted by molar-refractivity contribution is 5.95. The van der Waals surface area contributed by atoms with E-state index in [0.29, 0.717) is 12.1 Å². The minimum atomic E-state index is -1.06. The summed E-state index contributed by atoms with van der Waals surface area (Å²) in [6.07, 6.45) is 1.40. The van der Waals surface area contributed by atoms with Crippen molar-refractivity contribution in [3.63, 3.8) is 0 Å². The maximum Gasteiger partial charge on any atom is 0.323 e. The van der Waals surface area contributed by atoms with Crippen LogP contribution in [0.1, 0.15) is 17.3 Å². The molecule has 0 fully saturated rings. The number of likely N-dealkylation sites (N-methyl/N-ethyl adjacent to an activating group) is 1. The normalized spacial score (nSPS) is 10.0. The molecule has 0 saturated heterocycles. The third-order valence-corrected chi connectivity index (χ3v) is 2.33. The first-order valence-corrected chi connectivity index (χ1v) is 5.13. The molecule has 6 nitrogen and oxygen atoms in total. The molecule has 1 aromatic rings. The lowest BCUT2D eigenvalue weighted by molar-refractivity contribution is -0.137. The fourth-order valence-electron chi connectivity index (χ4n) is 1.39. The molecule has 0 aromatic carbocycles. The van der Waals surface area contributed by atoms with Crippen molar-refractivity contribution < 1.29 is 14.7 Å². The zero-order valence-corrected chi connectivity index (χ0v) is 9.71. The number of aryl methyl sites for hydroxylation is 1. The minimum Gasteiger partial charge on any atom is -0.480 e. The zero-order chi connectivity index (χ0) is 13.0. The van der Waals surface area contributed by atoms with Crippen molar-refractivity contribution in [1.29, 1.82) is 0 Å². The Bertz CT molecular complexity index is 492. The second kappa shape index (κ2) is 5.29. The van der Waals surface area contributed by atoms with E-state index in [1.807, 2.05) is 0 Å². The van der Waals surface area contributed by atoms with Crippen molar-refractivity contribution in [3.05, 3.63) is 34.2 Å². The molecule has 1 amide bonds. The Morgan fingerprint density at radius 3 is 2.53 bits per heavy atom. The highest BCUT2D eigenvalue weighted by Gasteiger charge is 2.17. The molecule has 0 bridgehead atoms. The lowest BCUT2D eigenvalue weighted by atomic mass is 10.2. The quantitative estimate of drug-likeness (QED) is 0.796. The molecule has 0 atom stereocenters. The number of carboxylic acids is 1. The van der Waals surface area contributed by atoms with E-state index in [0.717, 1.165) is 0 Å². The first kappa shape index (κ1) is 13.0. The Balaban J connectivity index is 2.97.